The van der Waals surface area contributed by atoms with Crippen molar-refractivity contribution in [1.29, 1.82) is 0 Å². The summed E-state index contributed by atoms with van der Waals surface area (Å²) in [7, 11) is 1.97. The highest BCUT2D eigenvalue weighted by molar-refractivity contribution is 7.17. The van der Waals surface area contributed by atoms with Gasteiger partial charge in [-0.1, -0.05) is 19.1 Å². The van der Waals surface area contributed by atoms with Gasteiger partial charge in [0.1, 0.15) is 0 Å². The summed E-state index contributed by atoms with van der Waals surface area (Å²) in [6.07, 6.45) is 1.03. The lowest BCUT2D eigenvalue weighted by Crippen LogP contribution is -2.28. The van der Waals surface area contributed by atoms with Crippen LogP contribution >= 0.6 is 22.9 Å². The highest BCUT2D eigenvalue weighted by atomic mass is 35.5. The maximum Gasteiger partial charge on any atom is 0.0738 e. The van der Waals surface area contributed by atoms with Gasteiger partial charge in [0.15, 0.2) is 0 Å². The highest BCUT2D eigenvalue weighted by Gasteiger charge is 2.17. The van der Waals surface area contributed by atoms with Gasteiger partial charge in [0.05, 0.1) is 5.38 Å². The summed E-state index contributed by atoms with van der Waals surface area (Å²) in [5.74, 6) is 0. The Balaban J connectivity index is 2.31. The molecule has 0 saturated heterocycles. The molecule has 1 aromatic heterocycles. The quantitative estimate of drug-likeness (QED) is 0.806. The third-order valence-corrected chi connectivity index (χ3v) is 4.40. The number of rotatable bonds is 4. The normalized spacial score (nSPS) is 15.2. The Morgan fingerprint density at radius 3 is 2.88 bits per heavy atom. The minimum atomic E-state index is 0.0431. The fourth-order valence-electron chi connectivity index (χ4n) is 1.93. The monoisotopic (exact) mass is 253 g/mol. The molecule has 1 heterocycles. The topological polar surface area (TPSA) is 12.0 Å². The van der Waals surface area contributed by atoms with Crippen LogP contribution in [0.1, 0.15) is 24.3 Å². The van der Waals surface area contributed by atoms with Crippen LogP contribution in [0, 0.1) is 0 Å². The number of likely N-dealkylation sites (N-methyl/N-ethyl adjacent to an activating group) is 1. The molecule has 0 saturated carbocycles. The lowest BCUT2D eigenvalue weighted by atomic mass is 10.0. The Morgan fingerprint density at radius 2 is 2.19 bits per heavy atom. The minimum Gasteiger partial charge on any atom is -0.315 e. The minimum absolute atomic E-state index is 0.0431. The molecule has 2 atom stereocenters. The van der Waals surface area contributed by atoms with Crippen molar-refractivity contribution in [3.8, 4) is 0 Å². The van der Waals surface area contributed by atoms with Crippen molar-refractivity contribution in [2.45, 2.75) is 24.8 Å². The molecule has 3 heteroatoms. The summed E-state index contributed by atoms with van der Waals surface area (Å²) < 4.78 is 1.31. The van der Waals surface area contributed by atoms with Gasteiger partial charge in [-0.3, -0.25) is 0 Å². The van der Waals surface area contributed by atoms with Crippen LogP contribution < -0.4 is 5.32 Å². The molecule has 2 unspecified atom stereocenters. The summed E-state index contributed by atoms with van der Waals surface area (Å²) >= 11 is 8.25. The van der Waals surface area contributed by atoms with Crippen molar-refractivity contribution in [3.63, 3.8) is 0 Å². The molecule has 0 aliphatic rings. The summed E-state index contributed by atoms with van der Waals surface area (Å²) in [5, 5.41) is 6.73. The molecule has 0 aliphatic heterocycles. The first-order chi connectivity index (χ1) is 7.76. The first kappa shape index (κ1) is 11.9. The molecule has 0 fully saturated rings. The zero-order chi connectivity index (χ0) is 11.5. The van der Waals surface area contributed by atoms with Gasteiger partial charge < -0.3 is 5.32 Å². The standard InChI is InChI=1S/C13H16ClNS/c1-3-11(15-2)13(14)10-5-4-9-6-7-16-12(9)8-10/h4-8,11,13,15H,3H2,1-2H3. The number of thiophene rings is 1. The van der Waals surface area contributed by atoms with Crippen LogP contribution in [-0.4, -0.2) is 13.1 Å². The number of benzene rings is 1. The molecule has 0 bridgehead atoms. The van der Waals surface area contributed by atoms with E-state index in [2.05, 4.69) is 41.9 Å². The Hall–Kier alpha value is -0.570. The molecule has 0 spiro atoms. The molecular weight excluding hydrogens is 238 g/mol. The third kappa shape index (κ3) is 2.24. The number of fused-ring (bicyclic) bond motifs is 1. The fraction of sp³-hybridized carbons (Fsp3) is 0.385. The van der Waals surface area contributed by atoms with Crippen LogP contribution in [0.15, 0.2) is 29.6 Å². The van der Waals surface area contributed by atoms with Gasteiger partial charge in [-0.05, 0) is 41.9 Å². The summed E-state index contributed by atoms with van der Waals surface area (Å²) in [4.78, 5) is 0. The van der Waals surface area contributed by atoms with E-state index in [1.807, 2.05) is 7.05 Å². The summed E-state index contributed by atoms with van der Waals surface area (Å²) in [5.41, 5.74) is 1.21. The van der Waals surface area contributed by atoms with Crippen LogP contribution in [0.3, 0.4) is 0 Å². The van der Waals surface area contributed by atoms with Crippen molar-refractivity contribution in [2.24, 2.45) is 0 Å². The van der Waals surface area contributed by atoms with Gasteiger partial charge in [-0.15, -0.1) is 22.9 Å². The van der Waals surface area contributed by atoms with Gasteiger partial charge in [0.2, 0.25) is 0 Å². The van der Waals surface area contributed by atoms with Gasteiger partial charge in [0, 0.05) is 10.7 Å². The number of alkyl halides is 1. The zero-order valence-corrected chi connectivity index (χ0v) is 11.1. The zero-order valence-electron chi connectivity index (χ0n) is 9.53. The molecule has 2 rings (SSSR count). The van der Waals surface area contributed by atoms with E-state index >= 15 is 0 Å². The average molecular weight is 254 g/mol. The molecular formula is C13H16ClNS. The Bertz CT molecular complexity index is 462. The third-order valence-electron chi connectivity index (χ3n) is 2.96. The predicted octanol–water partition coefficient (Wildman–Crippen LogP) is 4.18. The highest BCUT2D eigenvalue weighted by Crippen LogP contribution is 2.30. The van der Waals surface area contributed by atoms with Crippen LogP contribution in [0.2, 0.25) is 0 Å². The molecule has 2 aromatic rings. The second kappa shape index (κ2) is 5.17. The van der Waals surface area contributed by atoms with Crippen molar-refractivity contribution < 1.29 is 0 Å². The van der Waals surface area contributed by atoms with E-state index in [0.717, 1.165) is 6.42 Å². The van der Waals surface area contributed by atoms with Gasteiger partial charge in [-0.25, -0.2) is 0 Å². The van der Waals surface area contributed by atoms with E-state index in [9.17, 15) is 0 Å². The van der Waals surface area contributed by atoms with E-state index in [4.69, 9.17) is 11.6 Å². The van der Waals surface area contributed by atoms with Gasteiger partial charge in [-0.2, -0.15) is 0 Å². The molecule has 1 N–H and O–H groups in total. The van der Waals surface area contributed by atoms with Crippen LogP contribution in [-0.2, 0) is 0 Å². The molecule has 1 aromatic carbocycles. The SMILES string of the molecule is CCC(NC)C(Cl)c1ccc2ccsc2c1. The van der Waals surface area contributed by atoms with Gasteiger partial charge >= 0.3 is 0 Å². The fourth-order valence-corrected chi connectivity index (χ4v) is 3.21. The molecule has 0 amide bonds. The molecule has 1 nitrogen and oxygen atoms in total. The first-order valence-electron chi connectivity index (χ1n) is 5.54. The van der Waals surface area contributed by atoms with Crippen LogP contribution in [0.5, 0.6) is 0 Å². The maximum atomic E-state index is 6.48. The Kier molecular flexibility index (Phi) is 3.85. The number of nitrogens with one attached hydrogen (secondary N) is 1. The lowest BCUT2D eigenvalue weighted by molar-refractivity contribution is 0.529. The number of halogens is 1. The van der Waals surface area contributed by atoms with E-state index in [1.165, 1.54) is 15.6 Å². The lowest BCUT2D eigenvalue weighted by Gasteiger charge is -2.20. The van der Waals surface area contributed by atoms with Gasteiger partial charge in [0.25, 0.3) is 0 Å². The summed E-state index contributed by atoms with van der Waals surface area (Å²) in [6, 6.07) is 8.96. The van der Waals surface area contributed by atoms with E-state index in [1.54, 1.807) is 11.3 Å². The number of hydrogen-bond acceptors (Lipinski definition) is 2. The molecule has 0 aliphatic carbocycles. The smallest absolute Gasteiger partial charge is 0.0738 e. The number of hydrogen-bond donors (Lipinski definition) is 1. The van der Waals surface area contributed by atoms with Crippen molar-refractivity contribution in [1.82, 2.24) is 5.32 Å². The second-order valence-electron chi connectivity index (χ2n) is 3.92. The van der Waals surface area contributed by atoms with Crippen LogP contribution in [0.25, 0.3) is 10.1 Å². The predicted molar refractivity (Wildman–Crippen MR) is 73.6 cm³/mol. The average Bonchev–Trinajstić information content (AvgIpc) is 2.77. The van der Waals surface area contributed by atoms with Crippen molar-refractivity contribution in [3.05, 3.63) is 35.2 Å². The Labute approximate surface area is 105 Å². The maximum absolute atomic E-state index is 6.48. The Morgan fingerprint density at radius 1 is 1.38 bits per heavy atom. The molecule has 86 valence electrons. The van der Waals surface area contributed by atoms with E-state index in [0.29, 0.717) is 6.04 Å². The largest absolute Gasteiger partial charge is 0.315 e. The van der Waals surface area contributed by atoms with Crippen LogP contribution in [0.4, 0.5) is 0 Å². The molecule has 16 heavy (non-hydrogen) atoms. The summed E-state index contributed by atoms with van der Waals surface area (Å²) in [6.45, 7) is 2.15. The van der Waals surface area contributed by atoms with Crippen molar-refractivity contribution >= 4 is 33.0 Å². The first-order valence-corrected chi connectivity index (χ1v) is 6.86. The second-order valence-corrected chi connectivity index (χ2v) is 5.34. The molecule has 0 radical (unpaired) electrons. The van der Waals surface area contributed by atoms with Crippen molar-refractivity contribution in [2.75, 3.05) is 7.05 Å². The van der Waals surface area contributed by atoms with E-state index < -0.39 is 0 Å². The van der Waals surface area contributed by atoms with E-state index in [-0.39, 0.29) is 5.38 Å².